The zero-order valence-corrected chi connectivity index (χ0v) is 18.0. The fraction of sp³-hybridized carbons (Fsp3) is 0.895. The number of guanidine groups is 1. The molecule has 3 aliphatic rings. The molecule has 2 heterocycles. The lowest BCUT2D eigenvalue weighted by atomic mass is 10.1. The Labute approximate surface area is 169 Å². The number of likely N-dealkylation sites (tertiary alicyclic amines) is 1. The Kier molecular flexibility index (Phi) is 7.20. The second-order valence-corrected chi connectivity index (χ2v) is 10.4. The standard InChI is InChI=1S/C19H35N5O3S/c1-3-20-19(21-12-15-8-11-24(13-15)28(2,26)27)22-17-9-10-23(14-17)18(25)16-6-4-5-7-16/h15-17H,3-14H2,1-2H3,(H2,20,21,22). The summed E-state index contributed by atoms with van der Waals surface area (Å²) in [6.45, 7) is 6.10. The molecule has 1 amide bonds. The first-order chi connectivity index (χ1) is 13.4. The minimum Gasteiger partial charge on any atom is -0.357 e. The zero-order chi connectivity index (χ0) is 20.1. The maximum absolute atomic E-state index is 12.6. The molecule has 0 aromatic rings. The van der Waals surface area contributed by atoms with Gasteiger partial charge >= 0.3 is 0 Å². The second kappa shape index (κ2) is 9.43. The predicted molar refractivity (Wildman–Crippen MR) is 111 cm³/mol. The number of hydrogen-bond acceptors (Lipinski definition) is 4. The van der Waals surface area contributed by atoms with Crippen molar-refractivity contribution in [2.24, 2.45) is 16.8 Å². The Balaban J connectivity index is 1.49. The Bertz CT molecular complexity index is 675. The van der Waals surface area contributed by atoms with Gasteiger partial charge in [0.25, 0.3) is 0 Å². The van der Waals surface area contributed by atoms with E-state index < -0.39 is 10.0 Å². The first-order valence-electron chi connectivity index (χ1n) is 10.7. The van der Waals surface area contributed by atoms with Gasteiger partial charge in [-0.05, 0) is 38.5 Å². The van der Waals surface area contributed by atoms with Crippen LogP contribution in [0.3, 0.4) is 0 Å². The van der Waals surface area contributed by atoms with Crippen LogP contribution in [-0.4, -0.2) is 81.1 Å². The SMILES string of the molecule is CCNC(=NCC1CCN(S(C)(=O)=O)C1)NC1CCN(C(=O)C2CCCC2)C1. The summed E-state index contributed by atoms with van der Waals surface area (Å²) in [6, 6.07) is 0.222. The lowest BCUT2D eigenvalue weighted by Crippen LogP contribution is -2.45. The van der Waals surface area contributed by atoms with Crippen LogP contribution in [-0.2, 0) is 14.8 Å². The lowest BCUT2D eigenvalue weighted by Gasteiger charge is -2.21. The number of rotatable bonds is 6. The van der Waals surface area contributed by atoms with E-state index in [0.717, 1.165) is 51.3 Å². The molecule has 9 heteroatoms. The summed E-state index contributed by atoms with van der Waals surface area (Å²) < 4.78 is 24.9. The summed E-state index contributed by atoms with van der Waals surface area (Å²) in [5.74, 6) is 1.59. The van der Waals surface area contributed by atoms with Crippen LogP contribution in [0.2, 0.25) is 0 Å². The van der Waals surface area contributed by atoms with Crippen LogP contribution in [0, 0.1) is 11.8 Å². The summed E-state index contributed by atoms with van der Waals surface area (Å²) >= 11 is 0. The Morgan fingerprint density at radius 3 is 2.50 bits per heavy atom. The predicted octanol–water partition coefficient (Wildman–Crippen LogP) is 0.614. The summed E-state index contributed by atoms with van der Waals surface area (Å²) in [6.07, 6.45) is 7.51. The molecule has 2 saturated heterocycles. The van der Waals surface area contributed by atoms with E-state index in [-0.39, 0.29) is 17.9 Å². The van der Waals surface area contributed by atoms with Crippen molar-refractivity contribution in [2.75, 3.05) is 45.5 Å². The van der Waals surface area contributed by atoms with Gasteiger partial charge in [-0.2, -0.15) is 0 Å². The molecular weight excluding hydrogens is 378 g/mol. The average molecular weight is 414 g/mol. The fourth-order valence-corrected chi connectivity index (χ4v) is 5.41. The van der Waals surface area contributed by atoms with E-state index in [9.17, 15) is 13.2 Å². The third-order valence-corrected chi connectivity index (χ3v) is 7.38. The number of carbonyl (C=O) groups is 1. The van der Waals surface area contributed by atoms with E-state index in [1.54, 1.807) is 0 Å². The lowest BCUT2D eigenvalue weighted by molar-refractivity contribution is -0.134. The first-order valence-corrected chi connectivity index (χ1v) is 12.5. The average Bonchev–Trinajstić information content (AvgIpc) is 3.39. The molecule has 160 valence electrons. The maximum Gasteiger partial charge on any atom is 0.225 e. The minimum atomic E-state index is -3.11. The molecule has 2 unspecified atom stereocenters. The van der Waals surface area contributed by atoms with Crippen molar-refractivity contribution in [1.29, 1.82) is 0 Å². The highest BCUT2D eigenvalue weighted by atomic mass is 32.2. The summed E-state index contributed by atoms with van der Waals surface area (Å²) in [7, 11) is -3.11. The van der Waals surface area contributed by atoms with Gasteiger partial charge in [0, 0.05) is 51.2 Å². The molecule has 0 spiro atoms. The van der Waals surface area contributed by atoms with Gasteiger partial charge in [-0.25, -0.2) is 12.7 Å². The fourth-order valence-electron chi connectivity index (χ4n) is 4.49. The van der Waals surface area contributed by atoms with Crippen molar-refractivity contribution >= 4 is 21.9 Å². The molecule has 0 radical (unpaired) electrons. The van der Waals surface area contributed by atoms with E-state index in [1.165, 1.54) is 23.4 Å². The van der Waals surface area contributed by atoms with E-state index in [1.807, 2.05) is 11.8 Å². The number of hydrogen-bond donors (Lipinski definition) is 2. The van der Waals surface area contributed by atoms with Crippen molar-refractivity contribution in [2.45, 2.75) is 51.5 Å². The molecular formula is C19H35N5O3S. The largest absolute Gasteiger partial charge is 0.357 e. The molecule has 1 aliphatic carbocycles. The van der Waals surface area contributed by atoms with Gasteiger partial charge in [0.15, 0.2) is 5.96 Å². The molecule has 28 heavy (non-hydrogen) atoms. The van der Waals surface area contributed by atoms with Crippen molar-refractivity contribution in [1.82, 2.24) is 19.8 Å². The van der Waals surface area contributed by atoms with Crippen LogP contribution >= 0.6 is 0 Å². The van der Waals surface area contributed by atoms with Crippen LogP contribution < -0.4 is 10.6 Å². The Morgan fingerprint density at radius 1 is 1.11 bits per heavy atom. The molecule has 2 aliphatic heterocycles. The smallest absolute Gasteiger partial charge is 0.225 e. The molecule has 8 nitrogen and oxygen atoms in total. The normalized spacial score (nSPS) is 27.5. The molecule has 1 saturated carbocycles. The Hall–Kier alpha value is -1.35. The van der Waals surface area contributed by atoms with Gasteiger partial charge in [0.2, 0.25) is 15.9 Å². The van der Waals surface area contributed by atoms with Crippen LogP contribution in [0.15, 0.2) is 4.99 Å². The van der Waals surface area contributed by atoms with Crippen molar-refractivity contribution in [3.63, 3.8) is 0 Å². The number of carbonyl (C=O) groups excluding carboxylic acids is 1. The summed E-state index contributed by atoms with van der Waals surface area (Å²) in [5.41, 5.74) is 0. The van der Waals surface area contributed by atoms with Gasteiger partial charge in [0.1, 0.15) is 0 Å². The highest BCUT2D eigenvalue weighted by molar-refractivity contribution is 7.88. The van der Waals surface area contributed by atoms with Gasteiger partial charge in [-0.3, -0.25) is 9.79 Å². The van der Waals surface area contributed by atoms with E-state index in [4.69, 9.17) is 4.99 Å². The summed E-state index contributed by atoms with van der Waals surface area (Å²) in [4.78, 5) is 19.3. The third-order valence-electron chi connectivity index (χ3n) is 6.11. The minimum absolute atomic E-state index is 0.222. The molecule has 0 aromatic heterocycles. The van der Waals surface area contributed by atoms with E-state index in [2.05, 4.69) is 10.6 Å². The molecule has 2 atom stereocenters. The van der Waals surface area contributed by atoms with E-state index in [0.29, 0.717) is 25.5 Å². The molecule has 0 bridgehead atoms. The monoisotopic (exact) mass is 413 g/mol. The Morgan fingerprint density at radius 2 is 1.86 bits per heavy atom. The first kappa shape index (κ1) is 21.4. The van der Waals surface area contributed by atoms with Gasteiger partial charge in [0.05, 0.1) is 6.26 Å². The number of sulfonamides is 1. The van der Waals surface area contributed by atoms with Crippen LogP contribution in [0.4, 0.5) is 0 Å². The second-order valence-electron chi connectivity index (χ2n) is 8.39. The van der Waals surface area contributed by atoms with Crippen LogP contribution in [0.25, 0.3) is 0 Å². The molecule has 2 N–H and O–H groups in total. The highest BCUT2D eigenvalue weighted by Crippen LogP contribution is 2.27. The van der Waals surface area contributed by atoms with Crippen LogP contribution in [0.1, 0.15) is 45.4 Å². The van der Waals surface area contributed by atoms with Crippen molar-refractivity contribution in [3.05, 3.63) is 0 Å². The number of nitrogens with one attached hydrogen (secondary N) is 2. The summed E-state index contributed by atoms with van der Waals surface area (Å²) in [5, 5.41) is 6.75. The molecule has 0 aromatic carbocycles. The van der Waals surface area contributed by atoms with Crippen molar-refractivity contribution < 1.29 is 13.2 Å². The molecule has 3 fully saturated rings. The van der Waals surface area contributed by atoms with Crippen molar-refractivity contribution in [3.8, 4) is 0 Å². The van der Waals surface area contributed by atoms with E-state index >= 15 is 0 Å². The number of amides is 1. The number of nitrogens with zero attached hydrogens (tertiary/aromatic N) is 3. The van der Waals surface area contributed by atoms with Gasteiger partial charge < -0.3 is 15.5 Å². The quantitative estimate of drug-likeness (QED) is 0.492. The van der Waals surface area contributed by atoms with Crippen LogP contribution in [0.5, 0.6) is 0 Å². The number of aliphatic imine (C=N–C) groups is 1. The molecule has 3 rings (SSSR count). The topological polar surface area (TPSA) is 94.1 Å². The maximum atomic E-state index is 12.6. The third kappa shape index (κ3) is 5.59. The van der Waals surface area contributed by atoms with Gasteiger partial charge in [-0.1, -0.05) is 12.8 Å². The van der Waals surface area contributed by atoms with Gasteiger partial charge in [-0.15, -0.1) is 0 Å². The highest BCUT2D eigenvalue weighted by Gasteiger charge is 2.33. The zero-order valence-electron chi connectivity index (χ0n) is 17.2.